The van der Waals surface area contributed by atoms with Crippen molar-refractivity contribution >= 4 is 22.9 Å². The largest absolute Gasteiger partial charge is 0.416 e. The van der Waals surface area contributed by atoms with Gasteiger partial charge in [-0.1, -0.05) is 36.4 Å². The van der Waals surface area contributed by atoms with Gasteiger partial charge in [-0.3, -0.25) is 0 Å². The number of halogens is 3. The Hall–Kier alpha value is -3.62. The van der Waals surface area contributed by atoms with Gasteiger partial charge < -0.3 is 15.2 Å². The van der Waals surface area contributed by atoms with Crippen molar-refractivity contribution < 1.29 is 13.2 Å². The molecule has 0 saturated heterocycles. The topological polar surface area (TPSA) is 72.9 Å². The molecule has 1 aliphatic heterocycles. The van der Waals surface area contributed by atoms with E-state index in [-0.39, 0.29) is 5.82 Å². The third kappa shape index (κ3) is 3.67. The first-order valence-electron chi connectivity index (χ1n) is 9.85. The van der Waals surface area contributed by atoms with Gasteiger partial charge in [-0.2, -0.15) is 23.1 Å². The third-order valence-corrected chi connectivity index (χ3v) is 5.53. The molecule has 2 aromatic heterocycles. The van der Waals surface area contributed by atoms with E-state index >= 15 is 0 Å². The lowest BCUT2D eigenvalue weighted by Crippen LogP contribution is -2.32. The Labute approximate surface area is 176 Å². The van der Waals surface area contributed by atoms with E-state index in [1.54, 1.807) is 10.9 Å². The van der Waals surface area contributed by atoms with Crippen LogP contribution in [0.4, 0.5) is 24.9 Å². The Kier molecular flexibility index (Phi) is 4.53. The number of nitrogen functional groups attached to an aromatic ring is 1. The molecule has 1 aliphatic rings. The fourth-order valence-corrected chi connectivity index (χ4v) is 3.87. The fourth-order valence-electron chi connectivity index (χ4n) is 3.87. The number of aromatic nitrogens is 4. The van der Waals surface area contributed by atoms with Crippen LogP contribution in [0.3, 0.4) is 0 Å². The highest BCUT2D eigenvalue weighted by molar-refractivity contribution is 5.83. The van der Waals surface area contributed by atoms with Crippen molar-refractivity contribution in [2.45, 2.75) is 25.7 Å². The molecule has 0 atom stereocenters. The Morgan fingerprint density at radius 1 is 0.968 bits per heavy atom. The van der Waals surface area contributed by atoms with Crippen molar-refractivity contribution in [3.8, 4) is 0 Å². The summed E-state index contributed by atoms with van der Waals surface area (Å²) < 4.78 is 40.2. The van der Waals surface area contributed by atoms with E-state index in [0.717, 1.165) is 25.1 Å². The third-order valence-electron chi connectivity index (χ3n) is 5.53. The van der Waals surface area contributed by atoms with Crippen LogP contribution >= 0.6 is 0 Å². The maximum atomic E-state index is 12.8. The first kappa shape index (κ1) is 19.3. The second kappa shape index (κ2) is 7.26. The van der Waals surface area contributed by atoms with Crippen LogP contribution in [0.5, 0.6) is 0 Å². The van der Waals surface area contributed by atoms with Crippen LogP contribution in [0.15, 0.2) is 54.9 Å². The number of nitrogens with zero attached hydrogens (tertiary/aromatic N) is 5. The number of alkyl halides is 3. The van der Waals surface area contributed by atoms with E-state index in [1.807, 2.05) is 12.1 Å². The number of fused-ring (bicyclic) bond motifs is 2. The van der Waals surface area contributed by atoms with E-state index < -0.39 is 11.7 Å². The molecular formula is C22H19F3N6. The van der Waals surface area contributed by atoms with Crippen LogP contribution < -0.4 is 10.6 Å². The lowest BCUT2D eigenvalue weighted by molar-refractivity contribution is -0.137. The second-order valence-corrected chi connectivity index (χ2v) is 7.59. The molecule has 0 unspecified atom stereocenters. The average molecular weight is 424 g/mol. The summed E-state index contributed by atoms with van der Waals surface area (Å²) >= 11 is 0. The summed E-state index contributed by atoms with van der Waals surface area (Å²) in [5.74, 6) is 0.804. The van der Waals surface area contributed by atoms with E-state index in [4.69, 9.17) is 10.7 Å². The van der Waals surface area contributed by atoms with Crippen LogP contribution in [0, 0.1) is 0 Å². The molecule has 0 saturated carbocycles. The van der Waals surface area contributed by atoms with E-state index in [9.17, 15) is 13.2 Å². The lowest BCUT2D eigenvalue weighted by Gasteiger charge is -2.28. The smallest absolute Gasteiger partial charge is 0.382 e. The van der Waals surface area contributed by atoms with Crippen LogP contribution in [0.2, 0.25) is 0 Å². The van der Waals surface area contributed by atoms with Crippen molar-refractivity contribution in [2.75, 3.05) is 17.2 Å². The first-order valence-corrected chi connectivity index (χ1v) is 9.85. The van der Waals surface area contributed by atoms with Gasteiger partial charge in [-0.15, -0.1) is 0 Å². The monoisotopic (exact) mass is 424 g/mol. The standard InChI is InChI=1S/C22H19F3N6/c23-22(24,25)17-7-5-14(6-8-17)11-31-13-27-18-19(26)28-21(29-20(18)31)30-10-9-15-3-1-2-4-16(15)12-30/h1-8,13H,9-12H2,(H2,26,28,29). The van der Waals surface area contributed by atoms with E-state index in [0.29, 0.717) is 35.8 Å². The van der Waals surface area contributed by atoms with Crippen LogP contribution in [-0.4, -0.2) is 26.1 Å². The van der Waals surface area contributed by atoms with Gasteiger partial charge in [0.1, 0.15) is 5.52 Å². The van der Waals surface area contributed by atoms with Crippen molar-refractivity contribution in [1.29, 1.82) is 0 Å². The van der Waals surface area contributed by atoms with E-state index in [1.165, 1.54) is 23.3 Å². The molecule has 0 amide bonds. The minimum absolute atomic E-state index is 0.282. The molecule has 2 N–H and O–H groups in total. The number of hydrogen-bond donors (Lipinski definition) is 1. The van der Waals surface area contributed by atoms with Crippen molar-refractivity contribution in [2.24, 2.45) is 0 Å². The summed E-state index contributed by atoms with van der Waals surface area (Å²) in [6.45, 7) is 1.79. The fraction of sp³-hybridized carbons (Fsp3) is 0.227. The highest BCUT2D eigenvalue weighted by Crippen LogP contribution is 2.30. The summed E-state index contributed by atoms with van der Waals surface area (Å²) in [4.78, 5) is 15.5. The zero-order valence-corrected chi connectivity index (χ0v) is 16.5. The van der Waals surface area contributed by atoms with Crippen LogP contribution in [0.1, 0.15) is 22.3 Å². The number of hydrogen-bond acceptors (Lipinski definition) is 5. The molecule has 0 spiro atoms. The molecule has 0 bridgehead atoms. The van der Waals surface area contributed by atoms with Gasteiger partial charge in [0.05, 0.1) is 18.4 Å². The zero-order valence-electron chi connectivity index (χ0n) is 16.5. The van der Waals surface area contributed by atoms with E-state index in [2.05, 4.69) is 27.0 Å². The average Bonchev–Trinajstić information content (AvgIpc) is 3.16. The van der Waals surface area contributed by atoms with Gasteiger partial charge in [0.25, 0.3) is 0 Å². The first-order chi connectivity index (χ1) is 14.9. The zero-order chi connectivity index (χ0) is 21.6. The predicted molar refractivity (Wildman–Crippen MR) is 111 cm³/mol. The minimum atomic E-state index is -4.36. The SMILES string of the molecule is Nc1nc(N2CCc3ccccc3C2)nc2c1ncn2Cc1ccc(C(F)(F)F)cc1. The van der Waals surface area contributed by atoms with Gasteiger partial charge in [0.2, 0.25) is 5.95 Å². The summed E-state index contributed by atoms with van der Waals surface area (Å²) in [6.07, 6.45) is -1.88. The van der Waals surface area contributed by atoms with Gasteiger partial charge >= 0.3 is 6.18 Å². The summed E-state index contributed by atoms with van der Waals surface area (Å²) in [5, 5.41) is 0. The lowest BCUT2D eigenvalue weighted by atomic mass is 10.0. The highest BCUT2D eigenvalue weighted by Gasteiger charge is 2.30. The molecule has 0 radical (unpaired) electrons. The molecule has 5 rings (SSSR count). The number of imidazole rings is 1. The summed E-state index contributed by atoms with van der Waals surface area (Å²) in [6, 6.07) is 13.4. The quantitative estimate of drug-likeness (QED) is 0.538. The highest BCUT2D eigenvalue weighted by atomic mass is 19.4. The summed E-state index contributed by atoms with van der Waals surface area (Å²) in [7, 11) is 0. The van der Waals surface area contributed by atoms with Crippen LogP contribution in [-0.2, 0) is 25.7 Å². The molecular weight excluding hydrogens is 405 g/mol. The number of rotatable bonds is 3. The molecule has 0 fully saturated rings. The molecule has 2 aromatic carbocycles. The van der Waals surface area contributed by atoms with Gasteiger partial charge in [-0.05, 0) is 35.2 Å². The Bertz CT molecular complexity index is 1250. The second-order valence-electron chi connectivity index (χ2n) is 7.59. The molecule has 4 aromatic rings. The molecule has 6 nitrogen and oxygen atoms in total. The molecule has 3 heterocycles. The minimum Gasteiger partial charge on any atom is -0.382 e. The maximum absolute atomic E-state index is 12.8. The van der Waals surface area contributed by atoms with Crippen LogP contribution in [0.25, 0.3) is 11.2 Å². The molecule has 158 valence electrons. The maximum Gasteiger partial charge on any atom is 0.416 e. The molecule has 9 heteroatoms. The Balaban J connectivity index is 1.45. The Morgan fingerprint density at radius 2 is 1.71 bits per heavy atom. The predicted octanol–water partition coefficient (Wildman–Crippen LogP) is 4.04. The Morgan fingerprint density at radius 3 is 2.45 bits per heavy atom. The summed E-state index contributed by atoms with van der Waals surface area (Å²) in [5.41, 5.74) is 9.77. The number of nitrogens with two attached hydrogens (primary N) is 1. The number of benzene rings is 2. The normalized spacial score (nSPS) is 14.1. The van der Waals surface area contributed by atoms with Crippen molar-refractivity contribution in [3.63, 3.8) is 0 Å². The molecule has 31 heavy (non-hydrogen) atoms. The van der Waals surface area contributed by atoms with Gasteiger partial charge in [-0.25, -0.2) is 4.98 Å². The molecule has 0 aliphatic carbocycles. The van der Waals surface area contributed by atoms with Gasteiger partial charge in [0, 0.05) is 13.1 Å². The number of anilines is 2. The van der Waals surface area contributed by atoms with Crippen molar-refractivity contribution in [1.82, 2.24) is 19.5 Å². The van der Waals surface area contributed by atoms with Gasteiger partial charge in [0.15, 0.2) is 11.5 Å². The van der Waals surface area contributed by atoms with Crippen molar-refractivity contribution in [3.05, 3.63) is 77.1 Å².